The number of methoxy groups -OCH3 is 1. The van der Waals surface area contributed by atoms with Crippen LogP contribution in [0.3, 0.4) is 0 Å². The number of nitrogens with zero attached hydrogens (tertiary/aromatic N) is 1. The minimum absolute atomic E-state index is 0.407. The van der Waals surface area contributed by atoms with Crippen LogP contribution in [-0.4, -0.2) is 65.2 Å². The first-order valence-electron chi connectivity index (χ1n) is 4.54. The van der Waals surface area contributed by atoms with Crippen molar-refractivity contribution in [2.75, 3.05) is 14.2 Å². The highest BCUT2D eigenvalue weighted by Crippen LogP contribution is 2.39. The molecule has 1 saturated heterocycles. The zero-order chi connectivity index (χ0) is 10.5. The molecule has 1 aliphatic carbocycles. The van der Waals surface area contributed by atoms with Crippen LogP contribution >= 0.6 is 0 Å². The van der Waals surface area contributed by atoms with Crippen LogP contribution < -0.4 is 0 Å². The van der Waals surface area contributed by atoms with Gasteiger partial charge in [-0.1, -0.05) is 0 Å². The Morgan fingerprint density at radius 1 is 1.14 bits per heavy atom. The van der Waals surface area contributed by atoms with E-state index >= 15 is 0 Å². The van der Waals surface area contributed by atoms with Crippen molar-refractivity contribution < 1.29 is 24.9 Å². The molecule has 0 bridgehead atoms. The van der Waals surface area contributed by atoms with Gasteiger partial charge in [-0.2, -0.15) is 5.06 Å². The number of hydroxylamine groups is 2. The average Bonchev–Trinajstić information content (AvgIpc) is 2.60. The Labute approximate surface area is 81.6 Å². The van der Waals surface area contributed by atoms with Gasteiger partial charge in [-0.3, -0.25) is 4.84 Å². The molecule has 2 aliphatic rings. The normalized spacial score (nSPS) is 53.8. The molecule has 6 nitrogen and oxygen atoms in total. The van der Waals surface area contributed by atoms with Gasteiger partial charge in [0.05, 0.1) is 18.1 Å². The van der Waals surface area contributed by atoms with E-state index in [-0.39, 0.29) is 0 Å². The largest absolute Gasteiger partial charge is 0.390 e. The van der Waals surface area contributed by atoms with Gasteiger partial charge in [0.15, 0.2) is 6.29 Å². The maximum atomic E-state index is 9.66. The predicted octanol–water partition coefficient (Wildman–Crippen LogP) is -2.08. The predicted molar refractivity (Wildman–Crippen MR) is 44.9 cm³/mol. The fourth-order valence-corrected chi connectivity index (χ4v) is 2.35. The molecule has 1 aliphatic heterocycles. The first-order chi connectivity index (χ1) is 6.57. The van der Waals surface area contributed by atoms with E-state index in [0.717, 1.165) is 0 Å². The topological polar surface area (TPSA) is 82.4 Å². The molecule has 2 rings (SSSR count). The number of likely N-dealkylation sites (N-methyl/N-ethyl adjacent to an activating group) is 1. The monoisotopic (exact) mass is 205 g/mol. The summed E-state index contributed by atoms with van der Waals surface area (Å²) in [6, 6.07) is -0.412. The Hall–Kier alpha value is -0.240. The number of rotatable bonds is 1. The van der Waals surface area contributed by atoms with Gasteiger partial charge in [0.2, 0.25) is 0 Å². The maximum Gasteiger partial charge on any atom is 0.184 e. The van der Waals surface area contributed by atoms with Crippen LogP contribution in [-0.2, 0) is 9.57 Å². The number of aliphatic hydroxyl groups excluding tert-OH is 3. The van der Waals surface area contributed by atoms with Crippen LogP contribution in [0.4, 0.5) is 0 Å². The molecule has 1 saturated carbocycles. The van der Waals surface area contributed by atoms with E-state index in [0.29, 0.717) is 0 Å². The van der Waals surface area contributed by atoms with Crippen LogP contribution in [0, 0.1) is 5.92 Å². The van der Waals surface area contributed by atoms with E-state index in [1.165, 1.54) is 12.2 Å². The van der Waals surface area contributed by atoms with Crippen LogP contribution in [0.2, 0.25) is 0 Å². The molecule has 0 amide bonds. The number of hydrogen-bond donors (Lipinski definition) is 3. The molecule has 0 aromatic rings. The quantitative estimate of drug-likeness (QED) is 0.455. The highest BCUT2D eigenvalue weighted by molar-refractivity contribution is 5.04. The van der Waals surface area contributed by atoms with Crippen LogP contribution in [0.25, 0.3) is 0 Å². The first-order valence-corrected chi connectivity index (χ1v) is 4.54. The van der Waals surface area contributed by atoms with E-state index in [2.05, 4.69) is 0 Å². The van der Waals surface area contributed by atoms with Crippen molar-refractivity contribution in [3.05, 3.63) is 0 Å². The Morgan fingerprint density at radius 2 is 1.79 bits per heavy atom. The van der Waals surface area contributed by atoms with Crippen molar-refractivity contribution in [1.29, 1.82) is 0 Å². The molecule has 1 heterocycles. The van der Waals surface area contributed by atoms with Gasteiger partial charge in [0, 0.05) is 14.2 Å². The Kier molecular flexibility index (Phi) is 2.50. The lowest BCUT2D eigenvalue weighted by Crippen LogP contribution is -2.39. The molecule has 3 N–H and O–H groups in total. The third-order valence-electron chi connectivity index (χ3n) is 3.08. The Morgan fingerprint density at radius 3 is 2.36 bits per heavy atom. The summed E-state index contributed by atoms with van der Waals surface area (Å²) in [6.07, 6.45) is -3.74. The van der Waals surface area contributed by atoms with Crippen molar-refractivity contribution in [3.8, 4) is 0 Å². The van der Waals surface area contributed by atoms with Crippen LogP contribution in [0.15, 0.2) is 0 Å². The van der Waals surface area contributed by atoms with Crippen molar-refractivity contribution in [2.24, 2.45) is 5.92 Å². The first kappa shape index (κ1) is 10.3. The summed E-state index contributed by atoms with van der Waals surface area (Å²) in [5.41, 5.74) is 0. The molecule has 14 heavy (non-hydrogen) atoms. The van der Waals surface area contributed by atoms with E-state index < -0.39 is 36.6 Å². The van der Waals surface area contributed by atoms with E-state index in [1.54, 1.807) is 7.05 Å². The van der Waals surface area contributed by atoms with Crippen molar-refractivity contribution in [3.63, 3.8) is 0 Å². The molecule has 6 heteroatoms. The SMILES string of the molecule is CO[C@@H]1ON(C)[C@H]2[C@H](O)[C@@H](O)[C@H](O)[C@@H]12. The van der Waals surface area contributed by atoms with Crippen LogP contribution in [0.5, 0.6) is 0 Å². The van der Waals surface area contributed by atoms with Crippen molar-refractivity contribution >= 4 is 0 Å². The van der Waals surface area contributed by atoms with Gasteiger partial charge in [-0.05, 0) is 0 Å². The zero-order valence-corrected chi connectivity index (χ0v) is 8.07. The summed E-state index contributed by atoms with van der Waals surface area (Å²) >= 11 is 0. The minimum Gasteiger partial charge on any atom is -0.390 e. The van der Waals surface area contributed by atoms with Gasteiger partial charge in [-0.15, -0.1) is 0 Å². The second-order valence-electron chi connectivity index (χ2n) is 3.80. The molecule has 2 fully saturated rings. The lowest BCUT2D eigenvalue weighted by atomic mass is 10.0. The van der Waals surface area contributed by atoms with Gasteiger partial charge in [-0.25, -0.2) is 0 Å². The third-order valence-corrected chi connectivity index (χ3v) is 3.08. The number of ether oxygens (including phenoxy) is 1. The fraction of sp³-hybridized carbons (Fsp3) is 1.00. The van der Waals surface area contributed by atoms with Crippen LogP contribution in [0.1, 0.15) is 0 Å². The molecule has 6 atom stereocenters. The number of aliphatic hydroxyl groups is 3. The lowest BCUT2D eigenvalue weighted by Gasteiger charge is -2.21. The van der Waals surface area contributed by atoms with Crippen molar-refractivity contribution in [2.45, 2.75) is 30.6 Å². The number of fused-ring (bicyclic) bond motifs is 1. The molecular weight excluding hydrogens is 190 g/mol. The molecule has 0 unspecified atom stereocenters. The average molecular weight is 205 g/mol. The third kappa shape index (κ3) is 1.19. The summed E-state index contributed by atoms with van der Waals surface area (Å²) in [7, 11) is 3.11. The highest BCUT2D eigenvalue weighted by Gasteiger charge is 2.59. The van der Waals surface area contributed by atoms with Gasteiger partial charge in [0.25, 0.3) is 0 Å². The number of hydrogen-bond acceptors (Lipinski definition) is 6. The summed E-state index contributed by atoms with van der Waals surface area (Å²) in [5.74, 6) is -0.407. The second-order valence-corrected chi connectivity index (χ2v) is 3.80. The molecule has 0 aromatic carbocycles. The maximum absolute atomic E-state index is 9.66. The summed E-state index contributed by atoms with van der Waals surface area (Å²) in [5, 5.41) is 30.2. The Balaban J connectivity index is 2.23. The lowest BCUT2D eigenvalue weighted by molar-refractivity contribution is -0.243. The molecule has 82 valence electrons. The molecular formula is C8H15NO5. The Bertz CT molecular complexity index is 224. The molecule has 0 radical (unpaired) electrons. The standard InChI is InChI=1S/C8H15NO5/c1-9-4-3(8(13-2)14-9)5(10)7(12)6(4)11/h3-8,10-12H,1-2H3/t3-,4+,5+,6-,7-,8+/m0/s1. The minimum atomic E-state index is -1.13. The van der Waals surface area contributed by atoms with E-state index in [4.69, 9.17) is 9.57 Å². The zero-order valence-electron chi connectivity index (χ0n) is 8.07. The molecule has 0 aromatic heterocycles. The second kappa shape index (κ2) is 3.41. The molecule has 0 spiro atoms. The van der Waals surface area contributed by atoms with E-state index in [1.807, 2.05) is 0 Å². The highest BCUT2D eigenvalue weighted by atomic mass is 16.8. The summed E-state index contributed by atoms with van der Waals surface area (Å²) in [6.45, 7) is 0. The summed E-state index contributed by atoms with van der Waals surface area (Å²) in [4.78, 5) is 5.25. The van der Waals surface area contributed by atoms with Gasteiger partial charge in [0.1, 0.15) is 12.2 Å². The smallest absolute Gasteiger partial charge is 0.184 e. The van der Waals surface area contributed by atoms with Gasteiger partial charge >= 0.3 is 0 Å². The summed E-state index contributed by atoms with van der Waals surface area (Å²) < 4.78 is 5.02. The van der Waals surface area contributed by atoms with Crippen molar-refractivity contribution in [1.82, 2.24) is 5.06 Å². The fourth-order valence-electron chi connectivity index (χ4n) is 2.35. The van der Waals surface area contributed by atoms with E-state index in [9.17, 15) is 15.3 Å². The van der Waals surface area contributed by atoms with Gasteiger partial charge < -0.3 is 20.1 Å².